The van der Waals surface area contributed by atoms with Gasteiger partial charge in [-0.05, 0) is 29.0 Å². The van der Waals surface area contributed by atoms with E-state index in [9.17, 15) is 14.4 Å². The summed E-state index contributed by atoms with van der Waals surface area (Å²) in [6.07, 6.45) is 0.160. The summed E-state index contributed by atoms with van der Waals surface area (Å²) >= 11 is 0. The standard InChI is InChI=1S/C20H22N3O4.ClH/c1-21-12-23(2,3)11-16-15-10-14(5-4-13(15)6-7-17(16)21)20(26)27-22-18(24)8-9-19(22)25;/h4-7,10H,8-9,11-12H2,1-3H3;1H/q+1;/p-1. The minimum atomic E-state index is -0.698. The molecule has 4 rings (SSSR count). The predicted octanol–water partition coefficient (Wildman–Crippen LogP) is -0.952. The molecule has 0 spiro atoms. The zero-order valence-corrected chi connectivity index (χ0v) is 16.8. The molecule has 2 amide bonds. The molecule has 0 atom stereocenters. The number of quaternary nitrogens is 1. The first kappa shape index (κ1) is 20.1. The number of amides is 2. The number of halogens is 1. The summed E-state index contributed by atoms with van der Waals surface area (Å²) in [6, 6.07) is 9.47. The highest BCUT2D eigenvalue weighted by atomic mass is 35.5. The van der Waals surface area contributed by atoms with Gasteiger partial charge >= 0.3 is 5.97 Å². The first-order valence-electron chi connectivity index (χ1n) is 8.92. The summed E-state index contributed by atoms with van der Waals surface area (Å²) in [7, 11) is 6.40. The van der Waals surface area contributed by atoms with Crippen molar-refractivity contribution >= 4 is 34.2 Å². The predicted molar refractivity (Wildman–Crippen MR) is 99.5 cm³/mol. The Bertz CT molecular complexity index is 973. The maximum atomic E-state index is 12.5. The summed E-state index contributed by atoms with van der Waals surface area (Å²) in [6.45, 7) is 1.75. The summed E-state index contributed by atoms with van der Waals surface area (Å²) < 4.78 is 0.814. The van der Waals surface area contributed by atoms with Crippen LogP contribution in [-0.4, -0.2) is 55.1 Å². The molecule has 2 aliphatic rings. The number of hydrogen-bond donors (Lipinski definition) is 0. The van der Waals surface area contributed by atoms with Crippen molar-refractivity contribution in [3.8, 4) is 0 Å². The molecule has 148 valence electrons. The molecule has 0 saturated carbocycles. The Morgan fingerprint density at radius 1 is 1.07 bits per heavy atom. The fourth-order valence-electron chi connectivity index (χ4n) is 3.94. The van der Waals surface area contributed by atoms with E-state index in [4.69, 9.17) is 4.84 Å². The smallest absolute Gasteiger partial charge is 0.363 e. The van der Waals surface area contributed by atoms with Crippen molar-refractivity contribution in [2.75, 3.05) is 32.7 Å². The largest absolute Gasteiger partial charge is 1.00 e. The highest BCUT2D eigenvalue weighted by Crippen LogP contribution is 2.35. The lowest BCUT2D eigenvalue weighted by Crippen LogP contribution is -3.00. The Kier molecular flexibility index (Phi) is 5.08. The van der Waals surface area contributed by atoms with Crippen LogP contribution in [0.5, 0.6) is 0 Å². The van der Waals surface area contributed by atoms with Crippen molar-refractivity contribution in [2.45, 2.75) is 19.4 Å². The van der Waals surface area contributed by atoms with E-state index in [0.717, 1.165) is 34.2 Å². The lowest BCUT2D eigenvalue weighted by molar-refractivity contribution is -0.904. The van der Waals surface area contributed by atoms with Gasteiger partial charge in [0.05, 0.1) is 25.3 Å². The third-order valence-electron chi connectivity index (χ3n) is 5.12. The third-order valence-corrected chi connectivity index (χ3v) is 5.12. The lowest BCUT2D eigenvalue weighted by Gasteiger charge is -2.40. The number of carbonyl (C=O) groups excluding carboxylic acids is 3. The van der Waals surface area contributed by atoms with E-state index in [1.165, 1.54) is 5.56 Å². The van der Waals surface area contributed by atoms with E-state index in [0.29, 0.717) is 10.6 Å². The van der Waals surface area contributed by atoms with Crippen molar-refractivity contribution in [1.82, 2.24) is 5.06 Å². The summed E-state index contributed by atoms with van der Waals surface area (Å²) in [4.78, 5) is 43.2. The average molecular weight is 404 g/mol. The van der Waals surface area contributed by atoms with Gasteiger partial charge in [0.15, 0.2) is 6.67 Å². The van der Waals surface area contributed by atoms with E-state index in [-0.39, 0.29) is 25.2 Å². The number of rotatable bonds is 2. The molecule has 0 aromatic heterocycles. The van der Waals surface area contributed by atoms with E-state index in [2.05, 4.69) is 32.1 Å². The zero-order valence-electron chi connectivity index (χ0n) is 16.1. The minimum Gasteiger partial charge on any atom is -1.00 e. The Labute approximate surface area is 169 Å². The van der Waals surface area contributed by atoms with Crippen LogP contribution < -0.4 is 17.3 Å². The molecule has 0 N–H and O–H groups in total. The number of imide groups is 1. The second-order valence-electron chi connectivity index (χ2n) is 7.89. The van der Waals surface area contributed by atoms with Gasteiger partial charge in [-0.25, -0.2) is 4.79 Å². The van der Waals surface area contributed by atoms with Crippen LogP contribution in [0, 0.1) is 0 Å². The van der Waals surface area contributed by atoms with E-state index in [1.54, 1.807) is 12.1 Å². The quantitative estimate of drug-likeness (QED) is 0.478. The number of nitrogens with zero attached hydrogens (tertiary/aromatic N) is 3. The maximum absolute atomic E-state index is 12.5. The molecule has 8 heteroatoms. The van der Waals surface area contributed by atoms with Crippen LogP contribution in [0.2, 0.25) is 0 Å². The van der Waals surface area contributed by atoms with Gasteiger partial charge in [0.1, 0.15) is 6.54 Å². The van der Waals surface area contributed by atoms with Gasteiger partial charge in [-0.2, -0.15) is 0 Å². The SMILES string of the molecule is CN1C[N+](C)(C)Cc2c1ccc1ccc(C(=O)ON3C(=O)CCC3=O)cc21.[Cl-]. The molecule has 2 aromatic carbocycles. The molecule has 0 aliphatic carbocycles. The zero-order chi connectivity index (χ0) is 19.3. The molecule has 0 unspecified atom stereocenters. The number of hydroxylamine groups is 2. The topological polar surface area (TPSA) is 66.9 Å². The molecule has 7 nitrogen and oxygen atoms in total. The van der Waals surface area contributed by atoms with Gasteiger partial charge in [0, 0.05) is 25.5 Å². The van der Waals surface area contributed by atoms with Gasteiger partial charge in [0.25, 0.3) is 11.8 Å². The second-order valence-corrected chi connectivity index (χ2v) is 7.89. The van der Waals surface area contributed by atoms with Gasteiger partial charge in [-0.15, -0.1) is 5.06 Å². The van der Waals surface area contributed by atoms with E-state index in [1.807, 2.05) is 12.1 Å². The first-order valence-corrected chi connectivity index (χ1v) is 8.92. The molecular weight excluding hydrogens is 382 g/mol. The number of anilines is 1. The molecule has 28 heavy (non-hydrogen) atoms. The fourth-order valence-corrected chi connectivity index (χ4v) is 3.94. The van der Waals surface area contributed by atoms with Crippen LogP contribution in [0.1, 0.15) is 28.8 Å². The highest BCUT2D eigenvalue weighted by molar-refractivity contribution is 6.03. The molecule has 0 radical (unpaired) electrons. The second kappa shape index (κ2) is 7.07. The van der Waals surface area contributed by atoms with Gasteiger partial charge in [-0.3, -0.25) is 9.59 Å². The molecule has 1 saturated heterocycles. The highest BCUT2D eigenvalue weighted by Gasteiger charge is 2.33. The Balaban J connectivity index is 0.00000225. The van der Waals surface area contributed by atoms with Gasteiger partial charge < -0.3 is 26.6 Å². The molecule has 2 aromatic rings. The van der Waals surface area contributed by atoms with Crippen LogP contribution in [-0.2, 0) is 21.0 Å². The molecule has 2 aliphatic heterocycles. The number of fused-ring (bicyclic) bond motifs is 3. The molecule has 1 fully saturated rings. The Morgan fingerprint density at radius 2 is 1.71 bits per heavy atom. The van der Waals surface area contributed by atoms with E-state index >= 15 is 0 Å². The molecule has 2 heterocycles. The lowest BCUT2D eigenvalue weighted by atomic mass is 9.97. The maximum Gasteiger partial charge on any atom is 0.363 e. The monoisotopic (exact) mass is 403 g/mol. The average Bonchev–Trinajstić information content (AvgIpc) is 2.92. The Morgan fingerprint density at radius 3 is 2.39 bits per heavy atom. The van der Waals surface area contributed by atoms with E-state index < -0.39 is 17.8 Å². The molecule has 0 bridgehead atoms. The van der Waals surface area contributed by atoms with Crippen LogP contribution in [0.15, 0.2) is 30.3 Å². The Hall–Kier alpha value is -2.64. The van der Waals surface area contributed by atoms with Gasteiger partial charge in [-0.1, -0.05) is 12.1 Å². The van der Waals surface area contributed by atoms with Crippen molar-refractivity contribution < 1.29 is 36.1 Å². The van der Waals surface area contributed by atoms with Crippen LogP contribution in [0.3, 0.4) is 0 Å². The summed E-state index contributed by atoms with van der Waals surface area (Å²) in [5, 5.41) is 2.61. The van der Waals surface area contributed by atoms with Crippen molar-refractivity contribution in [2.24, 2.45) is 0 Å². The number of benzene rings is 2. The number of hydrogen-bond acceptors (Lipinski definition) is 5. The van der Waals surface area contributed by atoms with Gasteiger partial charge in [0.2, 0.25) is 0 Å². The van der Waals surface area contributed by atoms with Crippen molar-refractivity contribution in [3.05, 3.63) is 41.5 Å². The first-order chi connectivity index (χ1) is 12.7. The minimum absolute atomic E-state index is 0. The normalized spacial score (nSPS) is 18.1. The summed E-state index contributed by atoms with van der Waals surface area (Å²) in [5.74, 6) is -1.66. The fraction of sp³-hybridized carbons (Fsp3) is 0.350. The number of carbonyl (C=O) groups is 3. The summed E-state index contributed by atoms with van der Waals surface area (Å²) in [5.41, 5.74) is 2.64. The van der Waals surface area contributed by atoms with Crippen LogP contribution in [0.25, 0.3) is 10.8 Å². The van der Waals surface area contributed by atoms with Crippen molar-refractivity contribution in [1.29, 1.82) is 0 Å². The van der Waals surface area contributed by atoms with Crippen molar-refractivity contribution in [3.63, 3.8) is 0 Å². The van der Waals surface area contributed by atoms with Crippen LogP contribution in [0.4, 0.5) is 5.69 Å². The molecular formula is C20H22ClN3O4. The van der Waals surface area contributed by atoms with Crippen LogP contribution >= 0.6 is 0 Å². The third kappa shape index (κ3) is 3.43.